The predicted octanol–water partition coefficient (Wildman–Crippen LogP) is 0.959. The van der Waals surface area contributed by atoms with Crippen LogP contribution >= 0.6 is 0 Å². The van der Waals surface area contributed by atoms with Gasteiger partial charge in [-0.1, -0.05) is 12.2 Å². The van der Waals surface area contributed by atoms with Crippen molar-refractivity contribution in [3.05, 3.63) is 59.8 Å². The fraction of sp³-hybridized carbons (Fsp3) is 0.111. The minimum Gasteiger partial charge on any atom is -0.398 e. The maximum absolute atomic E-state index is 9.09. The number of nitrogens with one attached hydrogen (secondary N) is 1. The molecule has 0 fully saturated rings. The Balaban J connectivity index is 1.85. The normalized spacial score (nSPS) is 16.0. The molecule has 0 spiro atoms. The van der Waals surface area contributed by atoms with E-state index in [2.05, 4.69) is 21.4 Å². The standard InChI is InChI=1S/C18H17N7/c19-10-11-2-1-3-12(8-11)17(21)14-9-13(4-5-15(14)20)24-16-6-7-23-18(22)25-16/h1-7,9,12,21H,8,20H2,(H3,22,23,24,25)/p+1. The molecule has 124 valence electrons. The van der Waals surface area contributed by atoms with Gasteiger partial charge in [0, 0.05) is 23.1 Å². The van der Waals surface area contributed by atoms with Gasteiger partial charge in [0.2, 0.25) is 5.95 Å². The van der Waals surface area contributed by atoms with Crippen LogP contribution in [0, 0.1) is 17.2 Å². The predicted molar refractivity (Wildman–Crippen MR) is 97.6 cm³/mol. The second kappa shape index (κ2) is 6.84. The highest BCUT2D eigenvalue weighted by Gasteiger charge is 2.24. The molecule has 0 saturated heterocycles. The van der Waals surface area contributed by atoms with Gasteiger partial charge < -0.3 is 16.8 Å². The van der Waals surface area contributed by atoms with Gasteiger partial charge in [-0.2, -0.15) is 10.2 Å². The number of rotatable bonds is 4. The quantitative estimate of drug-likeness (QED) is 0.486. The van der Waals surface area contributed by atoms with Gasteiger partial charge >= 0.3 is 0 Å². The van der Waals surface area contributed by atoms with E-state index in [-0.39, 0.29) is 11.9 Å². The van der Waals surface area contributed by atoms with Crippen molar-refractivity contribution >= 4 is 28.9 Å². The van der Waals surface area contributed by atoms with Gasteiger partial charge in [-0.15, -0.1) is 0 Å². The summed E-state index contributed by atoms with van der Waals surface area (Å²) in [4.78, 5) is 7.97. The highest BCUT2D eigenvalue weighted by atomic mass is 15.1. The summed E-state index contributed by atoms with van der Waals surface area (Å²) in [6.07, 6.45) is 7.76. The second-order valence-electron chi connectivity index (χ2n) is 5.68. The summed E-state index contributed by atoms with van der Waals surface area (Å²) in [5.41, 5.74) is 15.1. The number of anilines is 4. The van der Waals surface area contributed by atoms with E-state index in [0.717, 1.165) is 11.3 Å². The molecule has 0 amide bonds. The molecule has 0 radical (unpaired) electrons. The van der Waals surface area contributed by atoms with Crippen molar-refractivity contribution in [3.8, 4) is 6.07 Å². The lowest BCUT2D eigenvalue weighted by Crippen LogP contribution is -2.45. The van der Waals surface area contributed by atoms with Crippen molar-refractivity contribution in [2.75, 3.05) is 16.8 Å². The molecule has 1 aliphatic carbocycles. The van der Waals surface area contributed by atoms with E-state index in [4.69, 9.17) is 22.1 Å². The molecular weight excluding hydrogens is 314 g/mol. The van der Waals surface area contributed by atoms with E-state index >= 15 is 0 Å². The Morgan fingerprint density at radius 2 is 2.16 bits per heavy atom. The highest BCUT2D eigenvalue weighted by Crippen LogP contribution is 2.26. The lowest BCUT2D eigenvalue weighted by atomic mass is 9.87. The van der Waals surface area contributed by atoms with Gasteiger partial charge in [0.1, 0.15) is 5.82 Å². The molecule has 7 N–H and O–H groups in total. The second-order valence-corrected chi connectivity index (χ2v) is 5.68. The zero-order valence-electron chi connectivity index (χ0n) is 13.5. The first-order valence-electron chi connectivity index (χ1n) is 7.72. The Labute approximate surface area is 145 Å². The van der Waals surface area contributed by atoms with E-state index in [1.54, 1.807) is 24.4 Å². The molecule has 2 aromatic rings. The van der Waals surface area contributed by atoms with E-state index in [9.17, 15) is 0 Å². The third kappa shape index (κ3) is 3.64. The lowest BCUT2D eigenvalue weighted by molar-refractivity contribution is -0.117. The number of benzene rings is 1. The SMILES string of the molecule is N#CC1=CC=CC(C(=[NH2+])c2cc(Nc3ccnc(N)n3)ccc2N)C1. The van der Waals surface area contributed by atoms with Crippen LogP contribution in [-0.4, -0.2) is 15.7 Å². The number of hydrogen-bond donors (Lipinski definition) is 4. The van der Waals surface area contributed by atoms with Crippen molar-refractivity contribution in [1.82, 2.24) is 9.97 Å². The van der Waals surface area contributed by atoms with Gasteiger partial charge in [-0.25, -0.2) is 4.98 Å². The fourth-order valence-electron chi connectivity index (χ4n) is 2.65. The molecule has 1 unspecified atom stereocenters. The van der Waals surface area contributed by atoms with Crippen LogP contribution in [0.1, 0.15) is 12.0 Å². The molecule has 3 rings (SSSR count). The molecule has 25 heavy (non-hydrogen) atoms. The number of nitriles is 1. The van der Waals surface area contributed by atoms with Crippen LogP contribution in [0.2, 0.25) is 0 Å². The van der Waals surface area contributed by atoms with Crippen LogP contribution in [0.4, 0.5) is 23.1 Å². The number of nitrogens with two attached hydrogens (primary N) is 3. The third-order valence-electron chi connectivity index (χ3n) is 3.93. The van der Waals surface area contributed by atoms with Crippen LogP contribution in [0.3, 0.4) is 0 Å². The Morgan fingerprint density at radius 1 is 1.32 bits per heavy atom. The molecule has 7 nitrogen and oxygen atoms in total. The minimum absolute atomic E-state index is 0.0631. The number of nitrogens with zero attached hydrogens (tertiary/aromatic N) is 3. The van der Waals surface area contributed by atoms with Gasteiger partial charge in [0.15, 0.2) is 5.71 Å². The number of nitrogen functional groups attached to an aromatic ring is 2. The van der Waals surface area contributed by atoms with Crippen LogP contribution < -0.4 is 22.2 Å². The fourth-order valence-corrected chi connectivity index (χ4v) is 2.65. The van der Waals surface area contributed by atoms with Crippen molar-refractivity contribution in [2.45, 2.75) is 6.42 Å². The van der Waals surface area contributed by atoms with E-state index < -0.39 is 0 Å². The third-order valence-corrected chi connectivity index (χ3v) is 3.93. The summed E-state index contributed by atoms with van der Waals surface area (Å²) in [6, 6.07) is 9.37. The minimum atomic E-state index is -0.0631. The molecular formula is C18H18N7+. The lowest BCUT2D eigenvalue weighted by Gasteiger charge is -2.15. The zero-order chi connectivity index (χ0) is 17.8. The van der Waals surface area contributed by atoms with Crippen molar-refractivity contribution in [3.63, 3.8) is 0 Å². The van der Waals surface area contributed by atoms with E-state index in [1.165, 1.54) is 0 Å². The molecule has 1 aromatic carbocycles. The van der Waals surface area contributed by atoms with Crippen molar-refractivity contribution in [2.24, 2.45) is 5.92 Å². The zero-order valence-corrected chi connectivity index (χ0v) is 13.5. The summed E-state index contributed by atoms with van der Waals surface area (Å²) in [7, 11) is 0. The monoisotopic (exact) mass is 332 g/mol. The largest absolute Gasteiger partial charge is 0.398 e. The number of allylic oxidation sites excluding steroid dienone is 4. The summed E-state index contributed by atoms with van der Waals surface area (Å²) < 4.78 is 0. The number of aromatic nitrogens is 2. The molecule has 0 aliphatic heterocycles. The van der Waals surface area contributed by atoms with Gasteiger partial charge in [0.25, 0.3) is 0 Å². The Kier molecular flexibility index (Phi) is 4.44. The van der Waals surface area contributed by atoms with Crippen LogP contribution in [0.15, 0.2) is 54.3 Å². The van der Waals surface area contributed by atoms with Gasteiger partial charge in [-0.3, -0.25) is 5.41 Å². The van der Waals surface area contributed by atoms with Gasteiger partial charge in [-0.05, 0) is 36.8 Å². The average molecular weight is 332 g/mol. The molecule has 1 heterocycles. The van der Waals surface area contributed by atoms with Crippen LogP contribution in [0.25, 0.3) is 0 Å². The summed E-state index contributed by atoms with van der Waals surface area (Å²) in [6.45, 7) is 0. The highest BCUT2D eigenvalue weighted by molar-refractivity contribution is 6.04. The van der Waals surface area contributed by atoms with Crippen molar-refractivity contribution in [1.29, 1.82) is 5.26 Å². The van der Waals surface area contributed by atoms with Crippen LogP contribution in [0.5, 0.6) is 0 Å². The first-order valence-corrected chi connectivity index (χ1v) is 7.72. The Morgan fingerprint density at radius 3 is 2.92 bits per heavy atom. The first-order chi connectivity index (χ1) is 12.1. The molecule has 1 aromatic heterocycles. The maximum atomic E-state index is 9.09. The molecule has 1 aliphatic rings. The van der Waals surface area contributed by atoms with Gasteiger partial charge in [0.05, 0.1) is 17.6 Å². The number of hydrogen-bond acceptors (Lipinski definition) is 6. The van der Waals surface area contributed by atoms with E-state index in [1.807, 2.05) is 24.3 Å². The van der Waals surface area contributed by atoms with Crippen molar-refractivity contribution < 1.29 is 5.41 Å². The van der Waals surface area contributed by atoms with Crippen LogP contribution in [-0.2, 0) is 0 Å². The Hall–Kier alpha value is -3.66. The molecule has 0 bridgehead atoms. The first kappa shape index (κ1) is 16.2. The summed E-state index contributed by atoms with van der Waals surface area (Å²) in [5.74, 6) is 0.704. The average Bonchev–Trinajstić information content (AvgIpc) is 2.63. The Bertz CT molecular complexity index is 921. The molecule has 0 saturated carbocycles. The summed E-state index contributed by atoms with van der Waals surface area (Å²) >= 11 is 0. The van der Waals surface area contributed by atoms with E-state index in [0.29, 0.717) is 29.2 Å². The molecule has 7 heteroatoms. The topological polar surface area (TPSA) is 139 Å². The molecule has 1 atom stereocenters. The smallest absolute Gasteiger partial charge is 0.221 e. The summed E-state index contributed by atoms with van der Waals surface area (Å²) in [5, 5.41) is 18.6. The maximum Gasteiger partial charge on any atom is 0.221 e.